The average molecular weight is 418 g/mol. The molecule has 2 N–H and O–H groups in total. The molecule has 0 aromatic heterocycles. The SMILES string of the molecule is COc1ccc(C(CN=C(N)N(C)C2CC2)N(C)C)cc1.I. The molecule has 1 aliphatic rings. The molecule has 124 valence electrons. The lowest BCUT2D eigenvalue weighted by atomic mass is 10.1. The van der Waals surface area contributed by atoms with Gasteiger partial charge in [-0.25, -0.2) is 0 Å². The summed E-state index contributed by atoms with van der Waals surface area (Å²) in [5.41, 5.74) is 7.28. The molecule has 6 heteroatoms. The number of halogens is 1. The van der Waals surface area contributed by atoms with Gasteiger partial charge in [-0.2, -0.15) is 0 Å². The fraction of sp³-hybridized carbons (Fsp3) is 0.562. The molecule has 2 rings (SSSR count). The molecule has 0 bridgehead atoms. The third-order valence-corrected chi connectivity index (χ3v) is 4.01. The third-order valence-electron chi connectivity index (χ3n) is 4.01. The Bertz CT molecular complexity index is 485. The Hall–Kier alpha value is -1.02. The molecule has 1 aromatic rings. The minimum atomic E-state index is 0. The Morgan fingerprint density at radius 2 is 1.86 bits per heavy atom. The Kier molecular flexibility index (Phi) is 7.41. The summed E-state index contributed by atoms with van der Waals surface area (Å²) in [6.45, 7) is 0.655. The average Bonchev–Trinajstić information content (AvgIpc) is 3.31. The number of hydrogen-bond donors (Lipinski definition) is 1. The third kappa shape index (κ3) is 5.01. The largest absolute Gasteiger partial charge is 0.497 e. The van der Waals surface area contributed by atoms with E-state index in [1.165, 1.54) is 18.4 Å². The smallest absolute Gasteiger partial charge is 0.191 e. The van der Waals surface area contributed by atoms with Crippen LogP contribution in [0.5, 0.6) is 5.75 Å². The van der Waals surface area contributed by atoms with Crippen molar-refractivity contribution in [3.63, 3.8) is 0 Å². The fourth-order valence-corrected chi connectivity index (χ4v) is 2.33. The molecule has 0 spiro atoms. The number of guanidine groups is 1. The summed E-state index contributed by atoms with van der Waals surface area (Å²) in [7, 11) is 7.82. The van der Waals surface area contributed by atoms with E-state index in [2.05, 4.69) is 41.0 Å². The van der Waals surface area contributed by atoms with Crippen LogP contribution in [0.25, 0.3) is 0 Å². The molecule has 22 heavy (non-hydrogen) atoms. The Labute approximate surface area is 150 Å². The van der Waals surface area contributed by atoms with E-state index >= 15 is 0 Å². The quantitative estimate of drug-likeness (QED) is 0.438. The van der Waals surface area contributed by atoms with Gasteiger partial charge in [-0.1, -0.05) is 12.1 Å². The van der Waals surface area contributed by atoms with Gasteiger partial charge in [-0.3, -0.25) is 4.99 Å². The van der Waals surface area contributed by atoms with E-state index in [-0.39, 0.29) is 30.0 Å². The first-order valence-electron chi connectivity index (χ1n) is 7.36. The zero-order chi connectivity index (χ0) is 15.4. The van der Waals surface area contributed by atoms with Gasteiger partial charge in [0.2, 0.25) is 0 Å². The normalized spacial score (nSPS) is 16.1. The highest BCUT2D eigenvalue weighted by molar-refractivity contribution is 14.0. The van der Waals surface area contributed by atoms with Gasteiger partial charge in [-0.05, 0) is 44.6 Å². The fourth-order valence-electron chi connectivity index (χ4n) is 2.33. The summed E-state index contributed by atoms with van der Waals surface area (Å²) in [5.74, 6) is 1.51. The molecule has 0 aliphatic heterocycles. The highest BCUT2D eigenvalue weighted by Gasteiger charge is 2.27. The van der Waals surface area contributed by atoms with Gasteiger partial charge in [0, 0.05) is 13.1 Å². The molecular weight excluding hydrogens is 391 g/mol. The maximum Gasteiger partial charge on any atom is 0.191 e. The van der Waals surface area contributed by atoms with Crippen molar-refractivity contribution in [3.05, 3.63) is 29.8 Å². The van der Waals surface area contributed by atoms with Crippen molar-refractivity contribution in [2.45, 2.75) is 24.9 Å². The second kappa shape index (κ2) is 8.57. The van der Waals surface area contributed by atoms with Crippen molar-refractivity contribution in [2.24, 2.45) is 10.7 Å². The van der Waals surface area contributed by atoms with Crippen molar-refractivity contribution >= 4 is 29.9 Å². The van der Waals surface area contributed by atoms with Gasteiger partial charge in [0.15, 0.2) is 5.96 Å². The van der Waals surface area contributed by atoms with Gasteiger partial charge < -0.3 is 20.3 Å². The van der Waals surface area contributed by atoms with E-state index in [1.54, 1.807) is 7.11 Å². The topological polar surface area (TPSA) is 54.1 Å². The molecule has 1 atom stereocenters. The van der Waals surface area contributed by atoms with Crippen molar-refractivity contribution in [1.82, 2.24) is 9.80 Å². The van der Waals surface area contributed by atoms with Crippen molar-refractivity contribution in [1.29, 1.82) is 0 Å². The molecule has 0 saturated heterocycles. The van der Waals surface area contributed by atoms with Crippen LogP contribution in [-0.2, 0) is 0 Å². The second-order valence-electron chi connectivity index (χ2n) is 5.79. The summed E-state index contributed by atoms with van der Waals surface area (Å²) in [5, 5.41) is 0. The number of methoxy groups -OCH3 is 1. The van der Waals surface area contributed by atoms with E-state index in [4.69, 9.17) is 10.5 Å². The highest BCUT2D eigenvalue weighted by Crippen LogP contribution is 2.25. The minimum Gasteiger partial charge on any atom is -0.497 e. The van der Waals surface area contributed by atoms with Crippen LogP contribution < -0.4 is 10.5 Å². The standard InChI is InChI=1S/C16H26N4O.HI/c1-19(2)15(12-5-9-14(21-4)10-6-12)11-18-16(17)20(3)13-7-8-13;/h5-6,9-10,13,15H,7-8,11H2,1-4H3,(H2,17,18);1H. The summed E-state index contributed by atoms with van der Waals surface area (Å²) in [6.07, 6.45) is 2.45. The number of rotatable bonds is 6. The molecule has 5 nitrogen and oxygen atoms in total. The van der Waals surface area contributed by atoms with E-state index in [9.17, 15) is 0 Å². The van der Waals surface area contributed by atoms with Crippen LogP contribution in [0.1, 0.15) is 24.4 Å². The number of nitrogens with two attached hydrogens (primary N) is 1. The highest BCUT2D eigenvalue weighted by atomic mass is 127. The number of likely N-dealkylation sites (N-methyl/N-ethyl adjacent to an activating group) is 1. The first-order valence-corrected chi connectivity index (χ1v) is 7.36. The number of ether oxygens (including phenoxy) is 1. The van der Waals surface area contributed by atoms with Gasteiger partial charge in [0.1, 0.15) is 5.75 Å². The lowest BCUT2D eigenvalue weighted by molar-refractivity contribution is 0.305. The van der Waals surface area contributed by atoms with E-state index in [0.717, 1.165) is 5.75 Å². The monoisotopic (exact) mass is 418 g/mol. The zero-order valence-electron chi connectivity index (χ0n) is 13.8. The Morgan fingerprint density at radius 3 is 2.32 bits per heavy atom. The summed E-state index contributed by atoms with van der Waals surface area (Å²) in [6, 6.07) is 8.93. The van der Waals surface area contributed by atoms with Crippen LogP contribution in [-0.4, -0.2) is 56.6 Å². The van der Waals surface area contributed by atoms with Gasteiger partial charge >= 0.3 is 0 Å². The number of nitrogens with zero attached hydrogens (tertiary/aromatic N) is 3. The van der Waals surface area contributed by atoms with Crippen molar-refractivity contribution in [2.75, 3.05) is 34.8 Å². The summed E-state index contributed by atoms with van der Waals surface area (Å²) < 4.78 is 5.20. The summed E-state index contributed by atoms with van der Waals surface area (Å²) >= 11 is 0. The molecule has 0 amide bonds. The predicted octanol–water partition coefficient (Wildman–Crippen LogP) is 2.32. The first kappa shape index (κ1) is 19.0. The minimum absolute atomic E-state index is 0. The molecule has 1 aliphatic carbocycles. The van der Waals surface area contributed by atoms with E-state index in [0.29, 0.717) is 18.5 Å². The Morgan fingerprint density at radius 1 is 1.27 bits per heavy atom. The van der Waals surface area contributed by atoms with Crippen molar-refractivity contribution in [3.8, 4) is 5.75 Å². The maximum absolute atomic E-state index is 6.07. The number of hydrogen-bond acceptors (Lipinski definition) is 3. The van der Waals surface area contributed by atoms with E-state index in [1.807, 2.05) is 19.2 Å². The van der Waals surface area contributed by atoms with E-state index < -0.39 is 0 Å². The molecule has 1 fully saturated rings. The lowest BCUT2D eigenvalue weighted by Crippen LogP contribution is -2.36. The maximum atomic E-state index is 6.07. The van der Waals surface area contributed by atoms with Crippen molar-refractivity contribution < 1.29 is 4.74 Å². The van der Waals surface area contributed by atoms with Crippen LogP contribution in [0.4, 0.5) is 0 Å². The van der Waals surface area contributed by atoms with Crippen LogP contribution in [0.2, 0.25) is 0 Å². The first-order chi connectivity index (χ1) is 10.0. The predicted molar refractivity (Wildman–Crippen MR) is 102 cm³/mol. The van der Waals surface area contributed by atoms with Crippen LogP contribution in [0.3, 0.4) is 0 Å². The molecule has 0 heterocycles. The number of benzene rings is 1. The second-order valence-corrected chi connectivity index (χ2v) is 5.79. The zero-order valence-corrected chi connectivity index (χ0v) is 16.2. The van der Waals surface area contributed by atoms with Gasteiger partial charge in [-0.15, -0.1) is 24.0 Å². The molecular formula is C16H27IN4O. The lowest BCUT2D eigenvalue weighted by Gasteiger charge is -2.24. The molecule has 1 saturated carbocycles. The molecule has 1 aromatic carbocycles. The van der Waals surface area contributed by atoms with Crippen LogP contribution in [0.15, 0.2) is 29.3 Å². The summed E-state index contributed by atoms with van der Waals surface area (Å²) in [4.78, 5) is 8.82. The van der Waals surface area contributed by atoms with Gasteiger partial charge in [0.25, 0.3) is 0 Å². The molecule has 0 radical (unpaired) electrons. The number of aliphatic imine (C=N–C) groups is 1. The molecule has 1 unspecified atom stereocenters. The van der Waals surface area contributed by atoms with Gasteiger partial charge in [0.05, 0.1) is 19.7 Å². The van der Waals surface area contributed by atoms with Crippen LogP contribution in [0, 0.1) is 0 Å². The van der Waals surface area contributed by atoms with Crippen LogP contribution >= 0.6 is 24.0 Å². The Balaban J connectivity index is 0.00000242.